The molecule has 1 saturated carbocycles. The van der Waals surface area contributed by atoms with Crippen LogP contribution in [-0.2, 0) is 13.6 Å². The number of rotatable bonds is 3. The zero-order chi connectivity index (χ0) is 16.7. The zero-order valence-electron chi connectivity index (χ0n) is 14.8. The van der Waals surface area contributed by atoms with Crippen molar-refractivity contribution in [3.05, 3.63) is 41.6 Å². The van der Waals surface area contributed by atoms with Crippen LogP contribution >= 0.6 is 0 Å². The third kappa shape index (κ3) is 2.89. The molecule has 0 amide bonds. The molecule has 2 fully saturated rings. The standard InChI is InChI=1S/C20H28N4/c1-14-6-7-16(17(10-14)20-8-9-22-23(20)2)12-24-11-15-4-3-5-19(21)18(15)13-24/h6-10,15,18-19H,3-5,11-13,21H2,1-2H3. The molecule has 3 atom stereocenters. The van der Waals surface area contributed by atoms with Crippen LogP contribution in [0.25, 0.3) is 11.3 Å². The Hall–Kier alpha value is -1.65. The van der Waals surface area contributed by atoms with Crippen LogP contribution in [0.2, 0.25) is 0 Å². The summed E-state index contributed by atoms with van der Waals surface area (Å²) in [6, 6.07) is 9.33. The van der Waals surface area contributed by atoms with Gasteiger partial charge in [0.1, 0.15) is 0 Å². The van der Waals surface area contributed by atoms with Crippen LogP contribution in [0.5, 0.6) is 0 Å². The highest BCUT2D eigenvalue weighted by Gasteiger charge is 2.38. The Morgan fingerprint density at radius 1 is 1.21 bits per heavy atom. The summed E-state index contributed by atoms with van der Waals surface area (Å²) in [7, 11) is 2.02. The van der Waals surface area contributed by atoms with Crippen molar-refractivity contribution in [2.24, 2.45) is 24.6 Å². The molecule has 0 bridgehead atoms. The second-order valence-electron chi connectivity index (χ2n) is 7.71. The van der Waals surface area contributed by atoms with Gasteiger partial charge in [0.25, 0.3) is 0 Å². The Labute approximate surface area is 144 Å². The summed E-state index contributed by atoms with van der Waals surface area (Å²) < 4.78 is 1.97. The zero-order valence-corrected chi connectivity index (χ0v) is 14.8. The van der Waals surface area contributed by atoms with Crippen LogP contribution in [0, 0.1) is 18.8 Å². The molecule has 0 radical (unpaired) electrons. The lowest BCUT2D eigenvalue weighted by Gasteiger charge is -2.29. The van der Waals surface area contributed by atoms with E-state index in [0.29, 0.717) is 12.0 Å². The van der Waals surface area contributed by atoms with Crippen LogP contribution in [-0.4, -0.2) is 33.8 Å². The van der Waals surface area contributed by atoms with Gasteiger partial charge in [-0.1, -0.05) is 24.1 Å². The van der Waals surface area contributed by atoms with E-state index in [1.54, 1.807) is 0 Å². The number of likely N-dealkylation sites (tertiary alicyclic amines) is 1. The molecule has 24 heavy (non-hydrogen) atoms. The molecule has 0 spiro atoms. The first-order valence-corrected chi connectivity index (χ1v) is 9.17. The molecular weight excluding hydrogens is 296 g/mol. The number of nitrogens with two attached hydrogens (primary N) is 1. The largest absolute Gasteiger partial charge is 0.327 e. The van der Waals surface area contributed by atoms with E-state index in [4.69, 9.17) is 5.73 Å². The van der Waals surface area contributed by atoms with Gasteiger partial charge in [0.15, 0.2) is 0 Å². The molecular formula is C20H28N4. The molecule has 1 saturated heterocycles. The molecule has 2 aromatic rings. The fraction of sp³-hybridized carbons (Fsp3) is 0.550. The summed E-state index contributed by atoms with van der Waals surface area (Å²) in [5, 5.41) is 4.35. The highest BCUT2D eigenvalue weighted by atomic mass is 15.3. The van der Waals surface area contributed by atoms with E-state index in [1.165, 1.54) is 48.2 Å². The Kier molecular flexibility index (Phi) is 4.19. The van der Waals surface area contributed by atoms with Gasteiger partial charge >= 0.3 is 0 Å². The third-order valence-corrected chi connectivity index (χ3v) is 5.99. The number of aryl methyl sites for hydroxylation is 2. The molecule has 4 nitrogen and oxygen atoms in total. The van der Waals surface area contributed by atoms with Crippen molar-refractivity contribution in [1.29, 1.82) is 0 Å². The van der Waals surface area contributed by atoms with Crippen LogP contribution in [0.4, 0.5) is 0 Å². The lowest BCUT2D eigenvalue weighted by Crippen LogP contribution is -2.38. The summed E-state index contributed by atoms with van der Waals surface area (Å²) in [5.41, 5.74) is 11.6. The summed E-state index contributed by atoms with van der Waals surface area (Å²) in [5.74, 6) is 1.50. The predicted molar refractivity (Wildman–Crippen MR) is 97.5 cm³/mol. The first-order valence-electron chi connectivity index (χ1n) is 9.17. The number of aromatic nitrogens is 2. The molecule has 1 aromatic carbocycles. The third-order valence-electron chi connectivity index (χ3n) is 5.99. The second kappa shape index (κ2) is 6.34. The predicted octanol–water partition coefficient (Wildman–Crippen LogP) is 2.95. The van der Waals surface area contributed by atoms with E-state index in [9.17, 15) is 0 Å². The van der Waals surface area contributed by atoms with E-state index < -0.39 is 0 Å². The smallest absolute Gasteiger partial charge is 0.0682 e. The molecule has 4 heteroatoms. The first kappa shape index (κ1) is 15.9. The van der Waals surface area contributed by atoms with Crippen molar-refractivity contribution in [2.45, 2.75) is 38.8 Å². The summed E-state index contributed by atoms with van der Waals surface area (Å²) >= 11 is 0. The normalized spacial score (nSPS) is 27.4. The van der Waals surface area contributed by atoms with Gasteiger partial charge in [0.05, 0.1) is 5.69 Å². The van der Waals surface area contributed by atoms with Crippen molar-refractivity contribution in [3.8, 4) is 11.3 Å². The molecule has 2 aliphatic rings. The Balaban J connectivity index is 1.58. The van der Waals surface area contributed by atoms with Gasteiger partial charge in [-0.2, -0.15) is 5.10 Å². The lowest BCUT2D eigenvalue weighted by atomic mass is 9.78. The lowest BCUT2D eigenvalue weighted by molar-refractivity contribution is 0.259. The van der Waals surface area contributed by atoms with E-state index in [2.05, 4.69) is 41.2 Å². The summed E-state index contributed by atoms with van der Waals surface area (Å²) in [6.45, 7) is 5.54. The number of benzene rings is 1. The van der Waals surface area contributed by atoms with Crippen molar-refractivity contribution < 1.29 is 0 Å². The van der Waals surface area contributed by atoms with E-state index in [0.717, 1.165) is 19.0 Å². The monoisotopic (exact) mass is 324 g/mol. The molecule has 1 aromatic heterocycles. The molecule has 1 aliphatic heterocycles. The van der Waals surface area contributed by atoms with Gasteiger partial charge in [0.2, 0.25) is 0 Å². The fourth-order valence-corrected chi connectivity index (χ4v) is 4.68. The number of hydrogen-bond acceptors (Lipinski definition) is 3. The molecule has 1 aliphatic carbocycles. The Bertz CT molecular complexity index is 720. The van der Waals surface area contributed by atoms with Gasteiger partial charge < -0.3 is 5.73 Å². The minimum atomic E-state index is 0.406. The minimum Gasteiger partial charge on any atom is -0.327 e. The van der Waals surface area contributed by atoms with Crippen molar-refractivity contribution in [1.82, 2.24) is 14.7 Å². The number of hydrogen-bond donors (Lipinski definition) is 1. The number of nitrogens with zero attached hydrogens (tertiary/aromatic N) is 3. The van der Waals surface area contributed by atoms with Crippen LogP contribution < -0.4 is 5.73 Å². The van der Waals surface area contributed by atoms with E-state index in [1.807, 2.05) is 17.9 Å². The molecule has 128 valence electrons. The number of fused-ring (bicyclic) bond motifs is 1. The van der Waals surface area contributed by atoms with Gasteiger partial charge in [-0.05, 0) is 49.3 Å². The van der Waals surface area contributed by atoms with Crippen molar-refractivity contribution >= 4 is 0 Å². The van der Waals surface area contributed by atoms with Crippen molar-refractivity contribution in [3.63, 3.8) is 0 Å². The van der Waals surface area contributed by atoms with Gasteiger partial charge in [0, 0.05) is 44.5 Å². The van der Waals surface area contributed by atoms with Crippen LogP contribution in [0.1, 0.15) is 30.4 Å². The van der Waals surface area contributed by atoms with E-state index in [-0.39, 0.29) is 0 Å². The molecule has 4 rings (SSSR count). The fourth-order valence-electron chi connectivity index (χ4n) is 4.68. The van der Waals surface area contributed by atoms with Crippen molar-refractivity contribution in [2.75, 3.05) is 13.1 Å². The minimum absolute atomic E-state index is 0.406. The van der Waals surface area contributed by atoms with Gasteiger partial charge in [-0.3, -0.25) is 9.58 Å². The maximum atomic E-state index is 6.38. The molecule has 2 heterocycles. The average molecular weight is 324 g/mol. The Morgan fingerprint density at radius 3 is 2.83 bits per heavy atom. The topological polar surface area (TPSA) is 47.1 Å². The SMILES string of the molecule is Cc1ccc(CN2CC3CCCC(N)C3C2)c(-c2ccnn2C)c1. The highest BCUT2D eigenvalue weighted by Crippen LogP contribution is 2.37. The van der Waals surface area contributed by atoms with Gasteiger partial charge in [-0.25, -0.2) is 0 Å². The maximum absolute atomic E-state index is 6.38. The summed E-state index contributed by atoms with van der Waals surface area (Å²) in [6.07, 6.45) is 5.75. The summed E-state index contributed by atoms with van der Waals surface area (Å²) in [4.78, 5) is 2.62. The van der Waals surface area contributed by atoms with Crippen LogP contribution in [0.15, 0.2) is 30.5 Å². The van der Waals surface area contributed by atoms with E-state index >= 15 is 0 Å². The quantitative estimate of drug-likeness (QED) is 0.944. The molecule has 2 N–H and O–H groups in total. The molecule has 3 unspecified atom stereocenters. The van der Waals surface area contributed by atoms with Crippen LogP contribution in [0.3, 0.4) is 0 Å². The average Bonchev–Trinajstić information content (AvgIpc) is 3.16. The highest BCUT2D eigenvalue weighted by molar-refractivity contribution is 5.64. The second-order valence-corrected chi connectivity index (χ2v) is 7.71. The first-order chi connectivity index (χ1) is 11.6. The maximum Gasteiger partial charge on any atom is 0.0682 e. The van der Waals surface area contributed by atoms with Gasteiger partial charge in [-0.15, -0.1) is 0 Å². The Morgan fingerprint density at radius 2 is 2.08 bits per heavy atom.